The van der Waals surface area contributed by atoms with Crippen LogP contribution in [0, 0.1) is 5.82 Å². The first-order chi connectivity index (χ1) is 19.5. The van der Waals surface area contributed by atoms with E-state index in [1.165, 1.54) is 6.20 Å². The molecule has 0 radical (unpaired) electrons. The first kappa shape index (κ1) is 25.6. The molecule has 3 aromatic heterocycles. The van der Waals surface area contributed by atoms with E-state index in [0.717, 1.165) is 44.4 Å². The maximum absolute atomic E-state index is 15.0. The van der Waals surface area contributed by atoms with Crippen molar-refractivity contribution in [1.82, 2.24) is 20.3 Å². The van der Waals surface area contributed by atoms with Crippen LogP contribution in [0.2, 0.25) is 0 Å². The van der Waals surface area contributed by atoms with Crippen LogP contribution in [0.4, 0.5) is 10.2 Å². The molecule has 40 heavy (non-hydrogen) atoms. The Morgan fingerprint density at radius 3 is 2.80 bits per heavy atom. The summed E-state index contributed by atoms with van der Waals surface area (Å²) < 4.78 is 38.1. The van der Waals surface area contributed by atoms with Gasteiger partial charge in [-0.05, 0) is 56.7 Å². The van der Waals surface area contributed by atoms with Gasteiger partial charge in [-0.2, -0.15) is 0 Å². The maximum Gasteiger partial charge on any atom is 0.263 e. The molecule has 0 unspecified atom stereocenters. The van der Waals surface area contributed by atoms with Crippen molar-refractivity contribution in [1.29, 1.82) is 0 Å². The average Bonchev–Trinajstić information content (AvgIpc) is 2.95. The molecule has 1 saturated carbocycles. The van der Waals surface area contributed by atoms with Gasteiger partial charge in [-0.1, -0.05) is 0 Å². The highest BCUT2D eigenvalue weighted by Crippen LogP contribution is 2.46. The van der Waals surface area contributed by atoms with Crippen LogP contribution in [0.25, 0.3) is 11.0 Å². The molecule has 7 heterocycles. The van der Waals surface area contributed by atoms with Crippen LogP contribution < -0.4 is 20.1 Å². The number of ether oxygens (including phenoxy) is 4. The molecule has 1 aliphatic carbocycles. The van der Waals surface area contributed by atoms with Gasteiger partial charge in [-0.25, -0.2) is 14.4 Å². The van der Waals surface area contributed by atoms with Crippen LogP contribution in [0.1, 0.15) is 49.8 Å². The Morgan fingerprint density at radius 2 is 2.02 bits per heavy atom. The summed E-state index contributed by atoms with van der Waals surface area (Å²) in [4.78, 5) is 25.0. The van der Waals surface area contributed by atoms with Gasteiger partial charge in [0.05, 0.1) is 41.2 Å². The van der Waals surface area contributed by atoms with Gasteiger partial charge in [-0.15, -0.1) is 0 Å². The zero-order chi connectivity index (χ0) is 27.2. The van der Waals surface area contributed by atoms with Crippen molar-refractivity contribution in [2.75, 3.05) is 31.7 Å². The Kier molecular flexibility index (Phi) is 6.52. The zero-order valence-corrected chi connectivity index (χ0v) is 22.2. The van der Waals surface area contributed by atoms with Crippen molar-refractivity contribution >= 4 is 22.8 Å². The molecular formula is C29H32FN5O5. The van der Waals surface area contributed by atoms with Crippen molar-refractivity contribution in [3.8, 4) is 11.6 Å². The number of hydrogen-bond donors (Lipinski definition) is 2. The van der Waals surface area contributed by atoms with Crippen LogP contribution in [-0.2, 0) is 27.2 Å². The van der Waals surface area contributed by atoms with E-state index >= 15 is 4.39 Å². The van der Waals surface area contributed by atoms with E-state index in [1.54, 1.807) is 6.07 Å². The van der Waals surface area contributed by atoms with Gasteiger partial charge < -0.3 is 29.6 Å². The smallest absolute Gasteiger partial charge is 0.263 e. The van der Waals surface area contributed by atoms with Crippen molar-refractivity contribution < 1.29 is 28.1 Å². The SMILES string of the molecule is O=C1COc2ccc(CNC34CCC(CCc5c(F)cnc6ccc(OC[C@H]7CCO7)nc56)(CC3)OC4)nc2N1. The molecule has 4 aliphatic heterocycles. The van der Waals surface area contributed by atoms with Gasteiger partial charge in [0.25, 0.3) is 5.91 Å². The number of rotatable bonds is 9. The minimum absolute atomic E-state index is 0.0146. The highest BCUT2D eigenvalue weighted by atomic mass is 19.1. The fourth-order valence-corrected chi connectivity index (χ4v) is 6.04. The highest BCUT2D eigenvalue weighted by Gasteiger charge is 2.49. The predicted molar refractivity (Wildman–Crippen MR) is 143 cm³/mol. The number of amides is 1. The highest BCUT2D eigenvalue weighted by molar-refractivity contribution is 5.94. The number of anilines is 1. The molecular weight excluding hydrogens is 517 g/mol. The number of halogens is 1. The molecule has 0 aromatic carbocycles. The van der Waals surface area contributed by atoms with Gasteiger partial charge in [0.2, 0.25) is 5.88 Å². The minimum Gasteiger partial charge on any atom is -0.480 e. The number of aryl methyl sites for hydroxylation is 1. The van der Waals surface area contributed by atoms with Gasteiger partial charge in [-0.3, -0.25) is 9.78 Å². The number of nitrogens with one attached hydrogen (secondary N) is 2. The third-order valence-corrected chi connectivity index (χ3v) is 8.73. The van der Waals surface area contributed by atoms with E-state index in [9.17, 15) is 4.79 Å². The second-order valence-corrected chi connectivity index (χ2v) is 11.3. The summed E-state index contributed by atoms with van der Waals surface area (Å²) in [5.74, 6) is 0.965. The fourth-order valence-electron chi connectivity index (χ4n) is 6.04. The van der Waals surface area contributed by atoms with Crippen molar-refractivity contribution in [2.24, 2.45) is 0 Å². The number of carbonyl (C=O) groups excluding carboxylic acids is 1. The lowest BCUT2D eigenvalue weighted by molar-refractivity contribution is -0.165. The normalized spacial score (nSPS) is 27.0. The lowest BCUT2D eigenvalue weighted by Crippen LogP contribution is -2.61. The van der Waals surface area contributed by atoms with Crippen molar-refractivity contribution in [3.63, 3.8) is 0 Å². The standard InChI is InChI=1S/C29H32FN5O5/c30-21-14-31-22-2-4-25(39-15-19-6-12-37-19)35-26(22)20(21)5-7-29-10-8-28(9-11-29,17-40-29)32-13-18-1-3-23-27(33-18)34-24(36)16-38-23/h1-4,14,19,32H,5-13,15-17H2,(H,33,34,36)/t19-,28?,29?/m1/s1. The third-order valence-electron chi connectivity index (χ3n) is 8.73. The molecule has 210 valence electrons. The number of hydrogen-bond acceptors (Lipinski definition) is 9. The minimum atomic E-state index is -0.349. The van der Waals surface area contributed by atoms with Crippen molar-refractivity contribution in [2.45, 2.75) is 68.7 Å². The number of nitrogens with zero attached hydrogens (tertiary/aromatic N) is 3. The number of fused-ring (bicyclic) bond motifs is 5. The summed E-state index contributed by atoms with van der Waals surface area (Å²) >= 11 is 0. The first-order valence-corrected chi connectivity index (χ1v) is 14.0. The molecule has 2 bridgehead atoms. The van der Waals surface area contributed by atoms with Gasteiger partial charge in [0.1, 0.15) is 12.4 Å². The van der Waals surface area contributed by atoms with Gasteiger partial charge >= 0.3 is 0 Å². The topological polar surface area (TPSA) is 117 Å². The monoisotopic (exact) mass is 549 g/mol. The summed E-state index contributed by atoms with van der Waals surface area (Å²) in [5.41, 5.74) is 2.20. The van der Waals surface area contributed by atoms with Crippen LogP contribution in [-0.4, -0.2) is 64.5 Å². The summed E-state index contributed by atoms with van der Waals surface area (Å²) in [6.07, 6.45) is 7.33. The van der Waals surface area contributed by atoms with Gasteiger partial charge in [0, 0.05) is 36.7 Å². The Morgan fingerprint density at radius 1 is 1.15 bits per heavy atom. The van der Waals surface area contributed by atoms with Gasteiger partial charge in [0.15, 0.2) is 18.2 Å². The summed E-state index contributed by atoms with van der Waals surface area (Å²) in [7, 11) is 0. The summed E-state index contributed by atoms with van der Waals surface area (Å²) in [6, 6.07) is 7.36. The second-order valence-electron chi connectivity index (χ2n) is 11.3. The molecule has 4 fully saturated rings. The largest absolute Gasteiger partial charge is 0.480 e. The quantitative estimate of drug-likeness (QED) is 0.414. The van der Waals surface area contributed by atoms with E-state index < -0.39 is 0 Å². The molecule has 8 rings (SSSR count). The molecule has 3 saturated heterocycles. The van der Waals surface area contributed by atoms with Crippen LogP contribution in [0.5, 0.6) is 11.6 Å². The number of carbonyl (C=O) groups is 1. The van der Waals surface area contributed by atoms with E-state index in [1.807, 2.05) is 18.2 Å². The Labute approximate surface area is 231 Å². The van der Waals surface area contributed by atoms with Crippen LogP contribution in [0.3, 0.4) is 0 Å². The Hall–Kier alpha value is -3.41. The molecule has 11 heteroatoms. The number of aromatic nitrogens is 3. The first-order valence-electron chi connectivity index (χ1n) is 14.0. The van der Waals surface area contributed by atoms with E-state index in [-0.39, 0.29) is 35.6 Å². The van der Waals surface area contributed by atoms with Crippen LogP contribution in [0.15, 0.2) is 30.5 Å². The molecule has 5 aliphatic rings. The lowest BCUT2D eigenvalue weighted by atomic mass is 9.69. The predicted octanol–water partition coefficient (Wildman–Crippen LogP) is 3.47. The fraction of sp³-hybridized carbons (Fsp3) is 0.517. The Balaban J connectivity index is 0.985. The molecule has 1 atom stereocenters. The molecule has 0 spiro atoms. The molecule has 2 N–H and O–H groups in total. The zero-order valence-electron chi connectivity index (χ0n) is 22.2. The summed E-state index contributed by atoms with van der Waals surface area (Å²) in [5, 5.41) is 6.43. The Bertz CT molecular complexity index is 1420. The third kappa shape index (κ3) is 4.97. The molecule has 3 aromatic rings. The molecule has 10 nitrogen and oxygen atoms in total. The lowest BCUT2D eigenvalue weighted by Gasteiger charge is -2.53. The number of pyridine rings is 3. The average molecular weight is 550 g/mol. The van der Waals surface area contributed by atoms with Crippen molar-refractivity contribution in [3.05, 3.63) is 47.5 Å². The maximum atomic E-state index is 15.0. The van der Waals surface area contributed by atoms with E-state index in [4.69, 9.17) is 18.9 Å². The van der Waals surface area contributed by atoms with E-state index in [0.29, 0.717) is 66.6 Å². The van der Waals surface area contributed by atoms with Crippen LogP contribution >= 0.6 is 0 Å². The van der Waals surface area contributed by atoms with E-state index in [2.05, 4.69) is 25.6 Å². The summed E-state index contributed by atoms with van der Waals surface area (Å²) in [6.45, 7) is 2.38. The molecule has 1 amide bonds. The second kappa shape index (κ2) is 10.2.